The number of hydrogen-bond acceptors (Lipinski definition) is 5. The molecule has 0 atom stereocenters. The summed E-state index contributed by atoms with van der Waals surface area (Å²) in [5.74, 6) is 0.583. The van der Waals surface area contributed by atoms with Gasteiger partial charge in [-0.15, -0.1) is 23.7 Å². The monoisotopic (exact) mass is 426 g/mol. The lowest BCUT2D eigenvalue weighted by molar-refractivity contribution is -0.121. The van der Waals surface area contributed by atoms with E-state index in [-0.39, 0.29) is 23.9 Å². The van der Waals surface area contributed by atoms with Gasteiger partial charge in [-0.25, -0.2) is 4.98 Å². The molecule has 1 fully saturated rings. The van der Waals surface area contributed by atoms with Gasteiger partial charge in [-0.05, 0) is 32.3 Å². The number of amides is 1. The maximum absolute atomic E-state index is 12.3. The van der Waals surface area contributed by atoms with Crippen molar-refractivity contribution in [2.75, 3.05) is 13.1 Å². The van der Waals surface area contributed by atoms with Gasteiger partial charge in [0.1, 0.15) is 10.7 Å². The van der Waals surface area contributed by atoms with Crippen molar-refractivity contribution in [1.29, 1.82) is 0 Å². The number of hydrogen-bond donors (Lipinski definition) is 3. The highest BCUT2D eigenvalue weighted by molar-refractivity contribution is 7.18. The van der Waals surface area contributed by atoms with Crippen molar-refractivity contribution in [3.8, 4) is 0 Å². The van der Waals surface area contributed by atoms with Crippen LogP contribution in [-0.4, -0.2) is 35.0 Å². The minimum absolute atomic E-state index is 0. The fourth-order valence-electron chi connectivity index (χ4n) is 3.70. The van der Waals surface area contributed by atoms with Crippen molar-refractivity contribution >= 4 is 39.9 Å². The van der Waals surface area contributed by atoms with Gasteiger partial charge in [-0.3, -0.25) is 9.59 Å². The van der Waals surface area contributed by atoms with Crippen molar-refractivity contribution < 1.29 is 4.79 Å². The molecule has 28 heavy (non-hydrogen) atoms. The number of carbonyl (C=O) groups is 1. The van der Waals surface area contributed by atoms with Gasteiger partial charge in [-0.2, -0.15) is 0 Å². The number of nitrogens with zero attached hydrogens (tertiary/aromatic N) is 1. The molecule has 0 spiro atoms. The summed E-state index contributed by atoms with van der Waals surface area (Å²) < 4.78 is 0. The summed E-state index contributed by atoms with van der Waals surface area (Å²) in [6.07, 6.45) is 8.59. The molecule has 2 aromatic heterocycles. The van der Waals surface area contributed by atoms with Crippen LogP contribution in [0.15, 0.2) is 4.79 Å². The fourth-order valence-corrected chi connectivity index (χ4v) is 4.75. The molecule has 6 nitrogen and oxygen atoms in total. The first-order valence-electron chi connectivity index (χ1n) is 10.0. The van der Waals surface area contributed by atoms with Crippen molar-refractivity contribution in [3.63, 3.8) is 0 Å². The molecule has 0 aliphatic heterocycles. The maximum atomic E-state index is 12.3. The van der Waals surface area contributed by atoms with Gasteiger partial charge in [0.15, 0.2) is 0 Å². The predicted molar refractivity (Wildman–Crippen MR) is 118 cm³/mol. The van der Waals surface area contributed by atoms with Gasteiger partial charge in [0.05, 0.1) is 5.39 Å². The molecule has 1 aliphatic rings. The van der Waals surface area contributed by atoms with Crippen LogP contribution in [0.3, 0.4) is 0 Å². The van der Waals surface area contributed by atoms with Crippen molar-refractivity contribution in [2.24, 2.45) is 0 Å². The molecular weight excluding hydrogens is 396 g/mol. The Morgan fingerprint density at radius 1 is 1.18 bits per heavy atom. The van der Waals surface area contributed by atoms with E-state index in [1.54, 1.807) is 0 Å². The van der Waals surface area contributed by atoms with E-state index in [1.165, 1.54) is 49.9 Å². The van der Waals surface area contributed by atoms with E-state index in [1.807, 2.05) is 13.8 Å². The highest BCUT2D eigenvalue weighted by Gasteiger charge is 2.13. The van der Waals surface area contributed by atoms with Gasteiger partial charge in [0, 0.05) is 36.9 Å². The maximum Gasteiger partial charge on any atom is 0.259 e. The summed E-state index contributed by atoms with van der Waals surface area (Å²) in [5.41, 5.74) is 0.888. The quantitative estimate of drug-likeness (QED) is 0.467. The van der Waals surface area contributed by atoms with Crippen LogP contribution in [0.2, 0.25) is 0 Å². The first-order valence-corrected chi connectivity index (χ1v) is 10.8. The number of aryl methyl sites for hydroxylation is 3. The van der Waals surface area contributed by atoms with Gasteiger partial charge in [0.2, 0.25) is 5.91 Å². The van der Waals surface area contributed by atoms with Crippen molar-refractivity contribution in [1.82, 2.24) is 20.6 Å². The van der Waals surface area contributed by atoms with Gasteiger partial charge < -0.3 is 15.6 Å². The van der Waals surface area contributed by atoms with Crippen molar-refractivity contribution in [3.05, 3.63) is 26.6 Å². The molecule has 3 N–H and O–H groups in total. The first kappa shape index (κ1) is 22.8. The van der Waals surface area contributed by atoms with Crippen LogP contribution in [0.25, 0.3) is 10.2 Å². The number of thiophene rings is 1. The number of carbonyl (C=O) groups excluding carboxylic acids is 1. The fraction of sp³-hybridized carbons (Fsp3) is 0.650. The number of rotatable bonds is 7. The molecule has 0 aromatic carbocycles. The third-order valence-electron chi connectivity index (χ3n) is 5.41. The zero-order valence-corrected chi connectivity index (χ0v) is 18.4. The molecular formula is C20H31ClN4O2S. The third kappa shape index (κ3) is 6.03. The average molecular weight is 427 g/mol. The van der Waals surface area contributed by atoms with Crippen LogP contribution in [0.4, 0.5) is 0 Å². The summed E-state index contributed by atoms with van der Waals surface area (Å²) in [5, 5.41) is 7.18. The summed E-state index contributed by atoms with van der Waals surface area (Å²) in [6, 6.07) is 0.600. The average Bonchev–Trinajstić information content (AvgIpc) is 2.81. The molecule has 0 radical (unpaired) electrons. The number of fused-ring (bicyclic) bond motifs is 1. The molecule has 1 saturated carbocycles. The molecule has 3 rings (SSSR count). The van der Waals surface area contributed by atoms with Crippen LogP contribution in [0.5, 0.6) is 0 Å². The normalized spacial score (nSPS) is 15.2. The molecule has 0 unspecified atom stereocenters. The van der Waals surface area contributed by atoms with Crippen LogP contribution in [0, 0.1) is 13.8 Å². The van der Waals surface area contributed by atoms with Gasteiger partial charge >= 0.3 is 0 Å². The zero-order chi connectivity index (χ0) is 19.2. The van der Waals surface area contributed by atoms with E-state index in [9.17, 15) is 9.59 Å². The van der Waals surface area contributed by atoms with E-state index < -0.39 is 0 Å². The summed E-state index contributed by atoms with van der Waals surface area (Å²) in [6.45, 7) is 5.39. The molecule has 2 heterocycles. The minimum Gasteiger partial charge on any atom is -0.355 e. The number of halogens is 1. The van der Waals surface area contributed by atoms with Crippen LogP contribution < -0.4 is 16.2 Å². The Morgan fingerprint density at radius 3 is 2.61 bits per heavy atom. The second kappa shape index (κ2) is 10.9. The van der Waals surface area contributed by atoms with E-state index in [4.69, 9.17) is 0 Å². The smallest absolute Gasteiger partial charge is 0.259 e. The van der Waals surface area contributed by atoms with Gasteiger partial charge in [-0.1, -0.05) is 25.7 Å². The van der Waals surface area contributed by atoms with Crippen LogP contribution in [-0.2, 0) is 11.2 Å². The lowest BCUT2D eigenvalue weighted by Crippen LogP contribution is -2.37. The summed E-state index contributed by atoms with van der Waals surface area (Å²) >= 11 is 1.53. The highest BCUT2D eigenvalue weighted by Crippen LogP contribution is 2.25. The molecule has 156 valence electrons. The molecule has 2 aromatic rings. The number of aromatic nitrogens is 2. The largest absolute Gasteiger partial charge is 0.355 e. The Morgan fingerprint density at radius 2 is 1.89 bits per heavy atom. The predicted octanol–water partition coefficient (Wildman–Crippen LogP) is 3.38. The third-order valence-corrected chi connectivity index (χ3v) is 6.51. The Labute approximate surface area is 176 Å². The zero-order valence-electron chi connectivity index (χ0n) is 16.7. The van der Waals surface area contributed by atoms with Crippen LogP contribution >= 0.6 is 23.7 Å². The van der Waals surface area contributed by atoms with E-state index in [0.29, 0.717) is 36.6 Å². The molecule has 0 bridgehead atoms. The SMILES string of the molecule is Cc1sc2nc(CCC(=O)NCCNC3CCCCCC3)[nH]c(=O)c2c1C.Cl. The van der Waals surface area contributed by atoms with Crippen molar-refractivity contribution in [2.45, 2.75) is 71.3 Å². The second-order valence-corrected chi connectivity index (χ2v) is 8.67. The molecule has 1 aliphatic carbocycles. The van der Waals surface area contributed by atoms with E-state index in [2.05, 4.69) is 20.6 Å². The van der Waals surface area contributed by atoms with E-state index in [0.717, 1.165) is 21.8 Å². The molecule has 1 amide bonds. The Bertz CT molecular complexity index is 841. The van der Waals surface area contributed by atoms with E-state index >= 15 is 0 Å². The Hall–Kier alpha value is -1.44. The number of H-pyrrole nitrogens is 1. The topological polar surface area (TPSA) is 86.9 Å². The Kier molecular flexibility index (Phi) is 8.92. The minimum atomic E-state index is -0.107. The molecule has 8 heteroatoms. The van der Waals surface area contributed by atoms with Gasteiger partial charge in [0.25, 0.3) is 5.56 Å². The summed E-state index contributed by atoms with van der Waals surface area (Å²) in [4.78, 5) is 33.6. The lowest BCUT2D eigenvalue weighted by atomic mass is 10.1. The second-order valence-electron chi connectivity index (χ2n) is 7.47. The summed E-state index contributed by atoms with van der Waals surface area (Å²) in [7, 11) is 0. The lowest BCUT2D eigenvalue weighted by Gasteiger charge is -2.16. The number of aromatic amines is 1. The number of nitrogens with one attached hydrogen (secondary N) is 3. The molecule has 0 saturated heterocycles. The Balaban J connectivity index is 0.00000280. The first-order chi connectivity index (χ1) is 13.0. The highest BCUT2D eigenvalue weighted by atomic mass is 35.5. The standard InChI is InChI=1S/C20H30N4O2S.ClH/c1-13-14(2)27-20-18(13)19(26)23-16(24-20)9-10-17(25)22-12-11-21-15-7-5-3-4-6-8-15;/h15,21H,3-12H2,1-2H3,(H,22,25)(H,23,24,26);1H. The van der Waals surface area contributed by atoms with Crippen LogP contribution in [0.1, 0.15) is 61.2 Å².